The topological polar surface area (TPSA) is 215 Å². The minimum atomic E-state index is -1.08. The number of hydrogen-bond acceptors (Lipinski definition) is 6. The SMILES string of the molecule is CC(=O)[O-].CC(=O)[O-].CC(=O)[O-].O.O.O.[Sm+3]. The van der Waals surface area contributed by atoms with Gasteiger partial charge in [0.15, 0.2) is 0 Å². The molecule has 0 spiro atoms. The maximum absolute atomic E-state index is 8.89. The molecule has 6 N–H and O–H groups in total. The Labute approximate surface area is 124 Å². The van der Waals surface area contributed by atoms with Crippen LogP contribution in [-0.2, 0) is 14.4 Å². The molecule has 99 valence electrons. The van der Waals surface area contributed by atoms with E-state index in [4.69, 9.17) is 29.7 Å². The van der Waals surface area contributed by atoms with Gasteiger partial charge in [-0.25, -0.2) is 0 Å². The van der Waals surface area contributed by atoms with E-state index < -0.39 is 17.9 Å². The second kappa shape index (κ2) is 36.5. The molecule has 0 aliphatic rings. The zero-order valence-electron chi connectivity index (χ0n) is 8.86. The Morgan fingerprint density at radius 2 is 0.625 bits per heavy atom. The summed E-state index contributed by atoms with van der Waals surface area (Å²) < 4.78 is 0. The van der Waals surface area contributed by atoms with Crippen molar-refractivity contribution in [1.29, 1.82) is 0 Å². The molecule has 0 aromatic heterocycles. The predicted molar refractivity (Wildman–Crippen MR) is 42.9 cm³/mol. The first-order chi connectivity index (χ1) is 5.20. The number of rotatable bonds is 0. The van der Waals surface area contributed by atoms with Crippen LogP contribution in [-0.4, -0.2) is 34.3 Å². The fourth-order valence-electron chi connectivity index (χ4n) is 0. The van der Waals surface area contributed by atoms with Gasteiger partial charge >= 0.3 is 40.4 Å². The molecule has 0 saturated carbocycles. The Kier molecular flexibility index (Phi) is 102. The number of carbonyl (C=O) groups excluding carboxylic acids is 3. The molecule has 0 atom stereocenters. The fraction of sp³-hybridized carbons (Fsp3) is 0.500. The minimum Gasteiger partial charge on any atom is -0.550 e. The van der Waals surface area contributed by atoms with Crippen LogP contribution in [0.2, 0.25) is 0 Å². The van der Waals surface area contributed by atoms with Crippen molar-refractivity contribution >= 4 is 17.9 Å². The molecule has 9 nitrogen and oxygen atoms in total. The van der Waals surface area contributed by atoms with Gasteiger partial charge < -0.3 is 46.1 Å². The predicted octanol–water partition coefficient (Wildman–Crippen LogP) is -6.21. The van der Waals surface area contributed by atoms with E-state index in [-0.39, 0.29) is 56.8 Å². The van der Waals surface area contributed by atoms with Crippen molar-refractivity contribution in [1.82, 2.24) is 0 Å². The second-order valence-electron chi connectivity index (χ2n) is 1.47. The molecule has 0 saturated heterocycles. The first-order valence-electron chi connectivity index (χ1n) is 2.72. The van der Waals surface area contributed by atoms with E-state index in [1.807, 2.05) is 0 Å². The van der Waals surface area contributed by atoms with Gasteiger partial charge in [-0.1, -0.05) is 0 Å². The van der Waals surface area contributed by atoms with E-state index in [1.165, 1.54) is 0 Å². The van der Waals surface area contributed by atoms with Crippen molar-refractivity contribution in [2.24, 2.45) is 0 Å². The van der Waals surface area contributed by atoms with E-state index in [0.717, 1.165) is 20.8 Å². The van der Waals surface area contributed by atoms with Crippen LogP contribution < -0.4 is 15.3 Å². The number of carboxylic acids is 3. The Morgan fingerprint density at radius 1 is 0.625 bits per heavy atom. The van der Waals surface area contributed by atoms with Crippen molar-refractivity contribution in [3.63, 3.8) is 0 Å². The van der Waals surface area contributed by atoms with Gasteiger partial charge in [0.05, 0.1) is 0 Å². The average molecular weight is 382 g/mol. The largest absolute Gasteiger partial charge is 3.00 e. The van der Waals surface area contributed by atoms with Crippen LogP contribution in [0.5, 0.6) is 0 Å². The van der Waals surface area contributed by atoms with Crippen LogP contribution in [0.3, 0.4) is 0 Å². The van der Waals surface area contributed by atoms with Crippen molar-refractivity contribution in [3.05, 3.63) is 0 Å². The van der Waals surface area contributed by atoms with Gasteiger partial charge in [0.25, 0.3) is 0 Å². The first-order valence-corrected chi connectivity index (χ1v) is 2.72. The van der Waals surface area contributed by atoms with Crippen molar-refractivity contribution in [2.45, 2.75) is 20.8 Å². The van der Waals surface area contributed by atoms with Gasteiger partial charge in [0.2, 0.25) is 0 Å². The summed E-state index contributed by atoms with van der Waals surface area (Å²) in [5, 5.41) is 26.7. The van der Waals surface area contributed by atoms with Crippen LogP contribution >= 0.6 is 0 Å². The van der Waals surface area contributed by atoms with Gasteiger partial charge in [0, 0.05) is 17.9 Å². The molecule has 0 heterocycles. The zero-order valence-corrected chi connectivity index (χ0v) is 11.5. The number of carboxylic acid groups (broad SMARTS) is 3. The summed E-state index contributed by atoms with van der Waals surface area (Å²) >= 11 is 0. The quantitative estimate of drug-likeness (QED) is 0.397. The standard InChI is InChI=1S/3C2H4O2.3H2O.Sm/c3*1-2(3)4;;;;/h3*1H3,(H,3,4);3*1H2;/q;;;;;;+3/p-3. The minimum absolute atomic E-state index is 0. The monoisotopic (exact) mass is 383 g/mol. The molecule has 0 aliphatic carbocycles. The third-order valence-electron chi connectivity index (χ3n) is 0. The fourth-order valence-corrected chi connectivity index (χ4v) is 0. The van der Waals surface area contributed by atoms with Crippen molar-refractivity contribution in [2.75, 3.05) is 0 Å². The maximum Gasteiger partial charge on any atom is 3.00 e. The molecule has 0 amide bonds. The third kappa shape index (κ3) is 15700. The summed E-state index contributed by atoms with van der Waals surface area (Å²) in [5.74, 6) is -3.25. The van der Waals surface area contributed by atoms with Crippen LogP contribution in [0, 0.1) is 40.4 Å². The number of hydrogen-bond donors (Lipinski definition) is 0. The molecule has 0 rings (SSSR count). The second-order valence-corrected chi connectivity index (χ2v) is 1.47. The molecule has 1 radical (unpaired) electrons. The molecule has 0 fully saturated rings. The Bertz CT molecular complexity index is 118. The van der Waals surface area contributed by atoms with E-state index in [2.05, 4.69) is 0 Å². The van der Waals surface area contributed by atoms with Gasteiger partial charge in [0.1, 0.15) is 0 Å². The van der Waals surface area contributed by atoms with Gasteiger partial charge in [-0.2, -0.15) is 0 Å². The maximum atomic E-state index is 8.89. The zero-order chi connectivity index (χ0) is 10.7. The summed E-state index contributed by atoms with van der Waals surface area (Å²) in [7, 11) is 0. The molecule has 0 aliphatic heterocycles. The summed E-state index contributed by atoms with van der Waals surface area (Å²) in [6, 6.07) is 0. The third-order valence-corrected chi connectivity index (χ3v) is 0. The molecule has 0 bridgehead atoms. The van der Waals surface area contributed by atoms with E-state index in [9.17, 15) is 0 Å². The van der Waals surface area contributed by atoms with Crippen molar-refractivity contribution < 1.29 is 86.5 Å². The smallest absolute Gasteiger partial charge is 0.550 e. The Balaban J connectivity index is -0.0000000135. The summed E-state index contributed by atoms with van der Waals surface area (Å²) in [6.07, 6.45) is 0. The number of aliphatic carboxylic acids is 3. The van der Waals surface area contributed by atoms with Gasteiger partial charge in [-0.05, 0) is 20.8 Å². The average Bonchev–Trinajstić information content (AvgIpc) is 1.54. The molecule has 0 unspecified atom stereocenters. The molecule has 0 aromatic carbocycles. The van der Waals surface area contributed by atoms with Crippen molar-refractivity contribution in [3.8, 4) is 0 Å². The molecule has 10 heteroatoms. The summed E-state index contributed by atoms with van der Waals surface area (Å²) in [4.78, 5) is 26.7. The van der Waals surface area contributed by atoms with E-state index >= 15 is 0 Å². The summed E-state index contributed by atoms with van der Waals surface area (Å²) in [5.41, 5.74) is 0. The van der Waals surface area contributed by atoms with Crippen LogP contribution in [0.15, 0.2) is 0 Å². The van der Waals surface area contributed by atoms with Gasteiger partial charge in [-0.15, -0.1) is 0 Å². The molecule has 0 aromatic rings. The molecule has 16 heavy (non-hydrogen) atoms. The van der Waals surface area contributed by atoms with Gasteiger partial charge in [-0.3, -0.25) is 0 Å². The Hall–Kier alpha value is -0.372. The van der Waals surface area contributed by atoms with Crippen LogP contribution in [0.25, 0.3) is 0 Å². The Morgan fingerprint density at radius 3 is 0.625 bits per heavy atom. The molecular weight excluding hydrogens is 366 g/mol. The van der Waals surface area contributed by atoms with E-state index in [0.29, 0.717) is 0 Å². The first kappa shape index (κ1) is 44.9. The molecular formula is C6H15O9Sm. The number of carbonyl (C=O) groups is 3. The van der Waals surface area contributed by atoms with Crippen LogP contribution in [0.1, 0.15) is 20.8 Å². The summed E-state index contributed by atoms with van der Waals surface area (Å²) in [6.45, 7) is 2.92. The van der Waals surface area contributed by atoms with E-state index in [1.54, 1.807) is 0 Å². The van der Waals surface area contributed by atoms with Crippen LogP contribution in [0.4, 0.5) is 0 Å². The normalized spacial score (nSPS) is 4.69.